The molecule has 53 heavy (non-hydrogen) atoms. The Kier molecular flexibility index (Phi) is 12.2. The number of fused-ring (bicyclic) bond motifs is 2. The maximum Gasteiger partial charge on any atom is 0.222 e. The van der Waals surface area contributed by atoms with E-state index in [1.54, 1.807) is 19.2 Å². The van der Waals surface area contributed by atoms with Crippen molar-refractivity contribution in [2.75, 3.05) is 42.4 Å². The fourth-order valence-corrected chi connectivity index (χ4v) is 7.05. The van der Waals surface area contributed by atoms with Gasteiger partial charge in [-0.3, -0.25) is 0 Å². The van der Waals surface area contributed by atoms with Gasteiger partial charge >= 0.3 is 0 Å². The van der Waals surface area contributed by atoms with Crippen molar-refractivity contribution < 1.29 is 19.3 Å². The average molecular weight is 725 g/mol. The molecule has 0 amide bonds. The van der Waals surface area contributed by atoms with E-state index in [2.05, 4.69) is 46.6 Å². The van der Waals surface area contributed by atoms with E-state index in [-0.39, 0.29) is 49.6 Å². The zero-order valence-corrected chi connectivity index (χ0v) is 30.3. The lowest BCUT2D eigenvalue weighted by Crippen LogP contribution is -2.23. The van der Waals surface area contributed by atoms with E-state index in [9.17, 15) is 10.2 Å². The van der Waals surface area contributed by atoms with Gasteiger partial charge in [0.15, 0.2) is 11.6 Å². The summed E-state index contributed by atoms with van der Waals surface area (Å²) in [6, 6.07) is 18.4. The summed E-state index contributed by atoms with van der Waals surface area (Å²) in [6.45, 7) is 2.91. The molecule has 14 heteroatoms. The molecule has 4 aromatic heterocycles. The van der Waals surface area contributed by atoms with Crippen LogP contribution in [0.3, 0.4) is 0 Å². The minimum atomic E-state index is -0.298. The number of para-hydroxylation sites is 1. The second kappa shape index (κ2) is 17.4. The molecule has 2 atom stereocenters. The van der Waals surface area contributed by atoms with Crippen LogP contribution in [0.5, 0.6) is 5.75 Å². The van der Waals surface area contributed by atoms with Crippen molar-refractivity contribution in [3.8, 4) is 5.75 Å². The number of nitrogen functional groups attached to an aromatic ring is 2. The second-order valence-corrected chi connectivity index (χ2v) is 13.3. The van der Waals surface area contributed by atoms with E-state index < -0.39 is 0 Å². The molecule has 13 nitrogen and oxygen atoms in total. The summed E-state index contributed by atoms with van der Waals surface area (Å²) in [5, 5.41) is 26.9. The maximum atomic E-state index is 15.1. The van der Waals surface area contributed by atoms with E-state index in [0.717, 1.165) is 47.3 Å². The number of benzene rings is 2. The molecule has 2 aromatic carbocycles. The smallest absolute Gasteiger partial charge is 0.222 e. The number of rotatable bonds is 19. The third kappa shape index (κ3) is 8.78. The van der Waals surface area contributed by atoms with Crippen molar-refractivity contribution >= 4 is 45.6 Å². The number of aliphatic hydroxyl groups excluding tert-OH is 2. The molecule has 0 bridgehead atoms. The molecule has 8 N–H and O–H groups in total. The Labute approximate surface area is 308 Å². The first-order chi connectivity index (χ1) is 25.8. The average Bonchev–Trinajstić information content (AvgIpc) is 3.70. The van der Waals surface area contributed by atoms with E-state index >= 15 is 4.39 Å². The molecule has 4 heterocycles. The molecule has 0 aliphatic rings. The molecule has 6 rings (SSSR count). The number of ether oxygens (including phenoxy) is 1. The maximum absolute atomic E-state index is 15.1. The number of halogens is 1. The van der Waals surface area contributed by atoms with Gasteiger partial charge in [-0.25, -0.2) is 14.4 Å². The van der Waals surface area contributed by atoms with Crippen molar-refractivity contribution in [3.63, 3.8) is 0 Å². The minimum absolute atomic E-state index is 0.0200. The lowest BCUT2D eigenvalue weighted by Gasteiger charge is -2.21. The third-order valence-electron chi connectivity index (χ3n) is 9.56. The van der Waals surface area contributed by atoms with Crippen LogP contribution in [0.15, 0.2) is 66.9 Å². The Morgan fingerprint density at radius 2 is 1.42 bits per heavy atom. The molecule has 0 saturated heterocycles. The second-order valence-electron chi connectivity index (χ2n) is 13.3. The number of aliphatic hydroxyl groups is 2. The van der Waals surface area contributed by atoms with E-state index in [4.69, 9.17) is 16.2 Å². The zero-order valence-electron chi connectivity index (χ0n) is 30.3. The summed E-state index contributed by atoms with van der Waals surface area (Å²) < 4.78 is 24.8. The number of nitrogens with one attached hydrogen (secondary N) is 2. The number of anilines is 4. The Morgan fingerprint density at radius 1 is 0.774 bits per heavy atom. The van der Waals surface area contributed by atoms with Gasteiger partial charge in [0.2, 0.25) is 11.9 Å². The number of nitrogens with zero attached hydrogens (tertiary/aromatic N) is 6. The van der Waals surface area contributed by atoms with Crippen LogP contribution in [0.25, 0.3) is 22.1 Å². The summed E-state index contributed by atoms with van der Waals surface area (Å²) in [5.74, 6) is 1.92. The van der Waals surface area contributed by atoms with Gasteiger partial charge in [-0.2, -0.15) is 9.97 Å². The van der Waals surface area contributed by atoms with Crippen molar-refractivity contribution in [2.45, 2.75) is 77.0 Å². The van der Waals surface area contributed by atoms with Gasteiger partial charge in [0, 0.05) is 48.3 Å². The van der Waals surface area contributed by atoms with Crippen molar-refractivity contribution in [3.05, 3.63) is 89.5 Å². The highest BCUT2D eigenvalue weighted by molar-refractivity contribution is 5.89. The van der Waals surface area contributed by atoms with Gasteiger partial charge in [-0.1, -0.05) is 49.7 Å². The van der Waals surface area contributed by atoms with Crippen molar-refractivity contribution in [2.24, 2.45) is 0 Å². The first-order valence-corrected chi connectivity index (χ1v) is 18.2. The van der Waals surface area contributed by atoms with Crippen LogP contribution in [0.4, 0.5) is 27.9 Å². The quantitative estimate of drug-likeness (QED) is 0.0599. The summed E-state index contributed by atoms with van der Waals surface area (Å²) >= 11 is 0. The Balaban J connectivity index is 1.28. The Hall–Kier alpha value is -5.47. The fourth-order valence-electron chi connectivity index (χ4n) is 7.05. The van der Waals surface area contributed by atoms with E-state index in [0.29, 0.717) is 60.5 Å². The first kappa shape index (κ1) is 37.3. The Morgan fingerprint density at radius 3 is 2.09 bits per heavy atom. The lowest BCUT2D eigenvalue weighted by atomic mass is 10.1. The standard InChI is InChI=1S/C39H49FN10O3/c1-3-9-27(17-20-51)43-37-35-32(46-39(42)48-37)22-29(50(35)24-25-10-4-6-14-30(25)40)13-8-12-28(18-21-52)44-36-34-31(45-38(41)47-36)16-19-49(34)23-26-11-5-7-15-33(26)53-2/h4-7,10-11,14-16,19,22,27-28,51-52H,3,8-9,12-13,17-18,20-21,23-24H2,1-2H3,(H3,41,44,45,47)(H3,42,43,46,48). The predicted octanol–water partition coefficient (Wildman–Crippen LogP) is 5.73. The molecule has 0 saturated carbocycles. The summed E-state index contributed by atoms with van der Waals surface area (Å²) in [4.78, 5) is 18.2. The number of nitrogens with two attached hydrogens (primary N) is 2. The number of aromatic nitrogens is 6. The summed E-state index contributed by atoms with van der Waals surface area (Å²) in [5.41, 5.74) is 17.8. The van der Waals surface area contributed by atoms with Gasteiger partial charge in [-0.05, 0) is 62.8 Å². The molecule has 2 unspecified atom stereocenters. The molecule has 280 valence electrons. The predicted molar refractivity (Wildman–Crippen MR) is 208 cm³/mol. The monoisotopic (exact) mass is 724 g/mol. The molecule has 6 aromatic rings. The molecule has 0 radical (unpaired) electrons. The van der Waals surface area contributed by atoms with Crippen LogP contribution in [-0.4, -0.2) is 71.7 Å². The van der Waals surface area contributed by atoms with Crippen LogP contribution in [0.2, 0.25) is 0 Å². The van der Waals surface area contributed by atoms with Crippen LogP contribution >= 0.6 is 0 Å². The SMILES string of the molecule is CCCC(CCO)Nc1nc(N)nc2cc(CCCC(CCO)Nc3nc(N)nc4ccn(Cc5ccccc5OC)c34)n(Cc3ccccc3F)c12. The van der Waals surface area contributed by atoms with Crippen LogP contribution in [0, 0.1) is 5.82 Å². The molecular formula is C39H49FN10O3. The van der Waals surface area contributed by atoms with Crippen LogP contribution in [0.1, 0.15) is 62.3 Å². The van der Waals surface area contributed by atoms with Gasteiger partial charge in [0.25, 0.3) is 0 Å². The van der Waals surface area contributed by atoms with Gasteiger partial charge in [0.1, 0.15) is 22.6 Å². The zero-order chi connectivity index (χ0) is 37.3. The first-order valence-electron chi connectivity index (χ1n) is 18.2. The molecule has 0 spiro atoms. The van der Waals surface area contributed by atoms with Crippen molar-refractivity contribution in [1.29, 1.82) is 0 Å². The van der Waals surface area contributed by atoms with Crippen LogP contribution in [-0.2, 0) is 19.5 Å². The number of hydrogen-bond donors (Lipinski definition) is 6. The molecule has 0 aliphatic heterocycles. The topological polar surface area (TPSA) is 187 Å². The number of aryl methyl sites for hydroxylation is 1. The number of hydrogen-bond acceptors (Lipinski definition) is 11. The highest BCUT2D eigenvalue weighted by Gasteiger charge is 2.21. The largest absolute Gasteiger partial charge is 0.496 e. The third-order valence-corrected chi connectivity index (χ3v) is 9.56. The number of methoxy groups -OCH3 is 1. The molecular weight excluding hydrogens is 675 g/mol. The van der Waals surface area contributed by atoms with Gasteiger partial charge in [-0.15, -0.1) is 0 Å². The van der Waals surface area contributed by atoms with Crippen molar-refractivity contribution in [1.82, 2.24) is 29.1 Å². The fraction of sp³-hybridized carbons (Fsp3) is 0.385. The van der Waals surface area contributed by atoms with Crippen LogP contribution < -0.4 is 26.8 Å². The van der Waals surface area contributed by atoms with E-state index in [1.165, 1.54) is 6.07 Å². The van der Waals surface area contributed by atoms with E-state index in [1.807, 2.05) is 48.7 Å². The summed E-state index contributed by atoms with van der Waals surface area (Å²) in [6.07, 6.45) is 6.80. The lowest BCUT2D eigenvalue weighted by molar-refractivity contribution is 0.276. The molecule has 0 fully saturated rings. The highest BCUT2D eigenvalue weighted by atomic mass is 19.1. The Bertz CT molecular complexity index is 2130. The minimum Gasteiger partial charge on any atom is -0.496 e. The van der Waals surface area contributed by atoms with Gasteiger partial charge < -0.3 is 46.2 Å². The highest BCUT2D eigenvalue weighted by Crippen LogP contribution is 2.31. The van der Waals surface area contributed by atoms with Gasteiger partial charge in [0.05, 0.1) is 31.2 Å². The molecule has 0 aliphatic carbocycles. The normalized spacial score (nSPS) is 12.7. The summed E-state index contributed by atoms with van der Waals surface area (Å²) in [7, 11) is 1.66.